The molecule has 2 N–H and O–H groups in total. The largest absolute Gasteiger partial charge is 0.493 e. The van der Waals surface area contributed by atoms with Gasteiger partial charge in [-0.15, -0.1) is 0 Å². The minimum Gasteiger partial charge on any atom is -0.493 e. The number of fused-ring (bicyclic) bond motifs is 1. The Morgan fingerprint density at radius 1 is 0.970 bits per heavy atom. The predicted octanol–water partition coefficient (Wildman–Crippen LogP) is 4.39. The molecule has 0 fully saturated rings. The van der Waals surface area contributed by atoms with Crippen molar-refractivity contribution in [2.24, 2.45) is 0 Å². The third-order valence-electron chi connectivity index (χ3n) is 5.28. The zero-order valence-corrected chi connectivity index (χ0v) is 19.8. The molecule has 0 bridgehead atoms. The number of nitrogens with zero attached hydrogens (tertiary/aromatic N) is 1. The fourth-order valence-electron chi connectivity index (χ4n) is 3.67. The van der Waals surface area contributed by atoms with Gasteiger partial charge in [-0.05, 0) is 30.3 Å². The summed E-state index contributed by atoms with van der Waals surface area (Å²) in [5, 5.41) is 4.63. The molecule has 0 spiro atoms. The smallest absolute Gasteiger partial charge is 0.276 e. The molecule has 1 heterocycles. The maximum atomic E-state index is 13.4. The Bertz CT molecular complexity index is 1190. The van der Waals surface area contributed by atoms with E-state index in [1.807, 2.05) is 36.4 Å². The molecule has 1 aliphatic rings. The zero-order chi connectivity index (χ0) is 23.5. The van der Waals surface area contributed by atoms with Crippen LogP contribution in [0.1, 0.15) is 32.4 Å². The van der Waals surface area contributed by atoms with Gasteiger partial charge in [-0.3, -0.25) is 15.0 Å². The number of halogens is 1. The van der Waals surface area contributed by atoms with Gasteiger partial charge in [0.05, 0.1) is 26.9 Å². The Kier molecular flexibility index (Phi) is 6.41. The molecule has 2 amide bonds. The van der Waals surface area contributed by atoms with E-state index in [2.05, 4.69) is 26.7 Å². The highest BCUT2D eigenvalue weighted by Crippen LogP contribution is 2.39. The van der Waals surface area contributed by atoms with E-state index in [-0.39, 0.29) is 11.5 Å². The number of amides is 2. The van der Waals surface area contributed by atoms with Crippen LogP contribution < -0.4 is 25.0 Å². The lowest BCUT2D eigenvalue weighted by atomic mass is 10.0. The molecule has 33 heavy (non-hydrogen) atoms. The summed E-state index contributed by atoms with van der Waals surface area (Å²) in [6, 6.07) is 17.7. The van der Waals surface area contributed by atoms with Gasteiger partial charge in [-0.1, -0.05) is 46.3 Å². The molecule has 0 saturated carbocycles. The number of methoxy groups -OCH3 is 3. The van der Waals surface area contributed by atoms with Gasteiger partial charge in [0.25, 0.3) is 11.8 Å². The quantitative estimate of drug-likeness (QED) is 0.510. The number of anilines is 1. The summed E-state index contributed by atoms with van der Waals surface area (Å²) in [5.74, 6) is 0.176. The zero-order valence-electron chi connectivity index (χ0n) is 18.2. The molecule has 0 aromatic heterocycles. The minimum absolute atomic E-state index is 0.238. The third kappa shape index (κ3) is 4.19. The average Bonchev–Trinajstić information content (AvgIpc) is 2.85. The normalized spacial score (nSPS) is 14.7. The van der Waals surface area contributed by atoms with Gasteiger partial charge in [0.2, 0.25) is 5.75 Å². The van der Waals surface area contributed by atoms with Gasteiger partial charge in [0.1, 0.15) is 6.17 Å². The van der Waals surface area contributed by atoms with Crippen molar-refractivity contribution in [1.29, 1.82) is 0 Å². The summed E-state index contributed by atoms with van der Waals surface area (Å²) in [6.45, 7) is 0. The van der Waals surface area contributed by atoms with Crippen LogP contribution in [0.5, 0.6) is 17.2 Å². The van der Waals surface area contributed by atoms with Crippen LogP contribution in [0.3, 0.4) is 0 Å². The fourth-order valence-corrected chi connectivity index (χ4v) is 4.17. The maximum absolute atomic E-state index is 13.4. The number of ether oxygens (including phenoxy) is 3. The molecule has 0 radical (unpaired) electrons. The highest BCUT2D eigenvalue weighted by Gasteiger charge is 2.35. The van der Waals surface area contributed by atoms with Gasteiger partial charge >= 0.3 is 0 Å². The number of nitrogens with one attached hydrogen (secondary N) is 2. The number of benzene rings is 3. The first-order valence-corrected chi connectivity index (χ1v) is 10.8. The molecule has 8 nitrogen and oxygen atoms in total. The molecular formula is C24H22BrN3O5. The standard InChI is InChI=1S/C24H22BrN3O5/c1-31-19-12-14(13-20(32-2)21(19)33-3)23(29)27-28-22(15-8-4-6-10-17(15)25)26-18-11-7-5-9-16(18)24(28)30/h4-13,22,26H,1-3H3,(H,27,29)/t22-/m1/s1. The van der Waals surface area contributed by atoms with Gasteiger partial charge < -0.3 is 19.5 Å². The first-order chi connectivity index (χ1) is 16.0. The summed E-state index contributed by atoms with van der Waals surface area (Å²) in [5.41, 5.74) is 4.90. The molecule has 9 heteroatoms. The number of hydrogen-bond donors (Lipinski definition) is 2. The van der Waals surface area contributed by atoms with Gasteiger partial charge in [0, 0.05) is 21.3 Å². The van der Waals surface area contributed by atoms with Crippen LogP contribution in [-0.4, -0.2) is 38.2 Å². The van der Waals surface area contributed by atoms with E-state index in [0.29, 0.717) is 28.5 Å². The Labute approximate surface area is 199 Å². The van der Waals surface area contributed by atoms with E-state index >= 15 is 0 Å². The number of hydrogen-bond acceptors (Lipinski definition) is 6. The summed E-state index contributed by atoms with van der Waals surface area (Å²) >= 11 is 3.55. The predicted molar refractivity (Wildman–Crippen MR) is 127 cm³/mol. The van der Waals surface area contributed by atoms with E-state index in [4.69, 9.17) is 14.2 Å². The van der Waals surface area contributed by atoms with Crippen molar-refractivity contribution in [2.45, 2.75) is 6.17 Å². The summed E-state index contributed by atoms with van der Waals surface area (Å²) in [4.78, 5) is 26.7. The maximum Gasteiger partial charge on any atom is 0.276 e. The van der Waals surface area contributed by atoms with E-state index < -0.39 is 12.1 Å². The first-order valence-electron chi connectivity index (χ1n) is 10.0. The highest BCUT2D eigenvalue weighted by atomic mass is 79.9. The van der Waals surface area contributed by atoms with Crippen LogP contribution in [0.25, 0.3) is 0 Å². The second-order valence-corrected chi connectivity index (χ2v) is 8.00. The Hall–Kier alpha value is -3.72. The van der Waals surface area contributed by atoms with Crippen LogP contribution in [0.15, 0.2) is 65.1 Å². The summed E-state index contributed by atoms with van der Waals surface area (Å²) < 4.78 is 16.8. The summed E-state index contributed by atoms with van der Waals surface area (Å²) in [7, 11) is 4.42. The van der Waals surface area contributed by atoms with Crippen LogP contribution in [-0.2, 0) is 0 Å². The van der Waals surface area contributed by atoms with Crippen molar-refractivity contribution >= 4 is 33.4 Å². The molecule has 3 aromatic carbocycles. The number of hydrazine groups is 1. The lowest BCUT2D eigenvalue weighted by Gasteiger charge is -2.38. The topological polar surface area (TPSA) is 89.1 Å². The van der Waals surface area contributed by atoms with E-state index in [0.717, 1.165) is 10.0 Å². The monoisotopic (exact) mass is 511 g/mol. The minimum atomic E-state index is -0.644. The lowest BCUT2D eigenvalue weighted by Crippen LogP contribution is -2.53. The number of carbonyl (C=O) groups is 2. The van der Waals surface area contributed by atoms with Crippen LogP contribution >= 0.6 is 15.9 Å². The Morgan fingerprint density at radius 3 is 2.24 bits per heavy atom. The Morgan fingerprint density at radius 2 is 1.61 bits per heavy atom. The van der Waals surface area contributed by atoms with Gasteiger partial charge in [-0.25, -0.2) is 5.01 Å². The van der Waals surface area contributed by atoms with Crippen molar-refractivity contribution in [3.05, 3.63) is 81.8 Å². The molecule has 1 aliphatic heterocycles. The SMILES string of the molecule is COc1cc(C(=O)NN2C(=O)c3ccccc3N[C@H]2c2ccccc2Br)cc(OC)c1OC. The number of para-hydroxylation sites is 1. The van der Waals surface area contributed by atoms with Crippen LogP contribution in [0.2, 0.25) is 0 Å². The first kappa shape index (κ1) is 22.5. The number of carbonyl (C=O) groups excluding carboxylic acids is 2. The molecule has 0 unspecified atom stereocenters. The van der Waals surface area contributed by atoms with Crippen molar-refractivity contribution in [3.63, 3.8) is 0 Å². The van der Waals surface area contributed by atoms with E-state index in [9.17, 15) is 9.59 Å². The van der Waals surface area contributed by atoms with Crippen molar-refractivity contribution in [3.8, 4) is 17.2 Å². The van der Waals surface area contributed by atoms with Gasteiger partial charge in [-0.2, -0.15) is 0 Å². The molecule has 4 rings (SSSR count). The Balaban J connectivity index is 1.74. The van der Waals surface area contributed by atoms with Gasteiger partial charge in [0.15, 0.2) is 11.5 Å². The van der Waals surface area contributed by atoms with Crippen molar-refractivity contribution in [1.82, 2.24) is 10.4 Å². The van der Waals surface area contributed by atoms with E-state index in [1.54, 1.807) is 12.1 Å². The molecule has 1 atom stereocenters. The second kappa shape index (κ2) is 9.41. The fraction of sp³-hybridized carbons (Fsp3) is 0.167. The number of rotatable bonds is 6. The lowest BCUT2D eigenvalue weighted by molar-refractivity contribution is 0.0490. The molecule has 3 aromatic rings. The highest BCUT2D eigenvalue weighted by molar-refractivity contribution is 9.10. The van der Waals surface area contributed by atoms with Crippen molar-refractivity contribution < 1.29 is 23.8 Å². The molecule has 0 aliphatic carbocycles. The molecule has 170 valence electrons. The summed E-state index contributed by atoms with van der Waals surface area (Å²) in [6.07, 6.45) is -0.644. The molecule has 0 saturated heterocycles. The second-order valence-electron chi connectivity index (χ2n) is 7.14. The third-order valence-corrected chi connectivity index (χ3v) is 6.00. The molecular weight excluding hydrogens is 490 g/mol. The van der Waals surface area contributed by atoms with E-state index in [1.165, 1.54) is 38.5 Å². The van der Waals surface area contributed by atoms with Crippen LogP contribution in [0.4, 0.5) is 5.69 Å². The van der Waals surface area contributed by atoms with Crippen LogP contribution in [0, 0.1) is 0 Å². The van der Waals surface area contributed by atoms with Crippen molar-refractivity contribution in [2.75, 3.05) is 26.6 Å². The average molecular weight is 512 g/mol.